The number of hydrogen-bond acceptors (Lipinski definition) is 3. The molecule has 6 nitrogen and oxygen atoms in total. The summed E-state index contributed by atoms with van der Waals surface area (Å²) in [5, 5.41) is 14.9. The number of guanidine groups is 1. The number of aromatic nitrogens is 3. The summed E-state index contributed by atoms with van der Waals surface area (Å²) in [4.78, 5) is 4.73. The Balaban J connectivity index is 1.60. The van der Waals surface area contributed by atoms with E-state index in [9.17, 15) is 0 Å². The van der Waals surface area contributed by atoms with Gasteiger partial charge in [-0.15, -0.1) is 10.2 Å². The van der Waals surface area contributed by atoms with Gasteiger partial charge in [0, 0.05) is 30.5 Å². The molecule has 3 rings (SSSR count). The van der Waals surface area contributed by atoms with E-state index in [2.05, 4.69) is 72.5 Å². The number of aliphatic imine (C=N–C) groups is 1. The summed E-state index contributed by atoms with van der Waals surface area (Å²) in [5.74, 6) is 1.78. The van der Waals surface area contributed by atoms with E-state index in [0.717, 1.165) is 35.8 Å². The van der Waals surface area contributed by atoms with Crippen molar-refractivity contribution < 1.29 is 0 Å². The minimum atomic E-state index is 0.628. The van der Waals surface area contributed by atoms with Crippen LogP contribution in [0.15, 0.2) is 70.4 Å². The Morgan fingerprint density at radius 3 is 2.57 bits per heavy atom. The third-order valence-electron chi connectivity index (χ3n) is 4.29. The first-order chi connectivity index (χ1) is 13.7. The molecular formula is C21H25BrN6. The molecule has 2 aromatic carbocycles. The molecule has 0 fully saturated rings. The highest BCUT2D eigenvalue weighted by Crippen LogP contribution is 2.10. The lowest BCUT2D eigenvalue weighted by Gasteiger charge is -2.14. The molecule has 0 atom stereocenters. The molecule has 0 aliphatic heterocycles. The lowest BCUT2D eigenvalue weighted by molar-refractivity contribution is 0.631. The Hall–Kier alpha value is -2.67. The predicted octanol–water partition coefficient (Wildman–Crippen LogP) is 3.54. The highest BCUT2D eigenvalue weighted by atomic mass is 79.9. The Kier molecular flexibility index (Phi) is 7.61. The molecule has 2 N–H and O–H groups in total. The lowest BCUT2D eigenvalue weighted by atomic mass is 10.2. The first-order valence-corrected chi connectivity index (χ1v) is 10.2. The van der Waals surface area contributed by atoms with Crippen LogP contribution in [0.1, 0.15) is 23.9 Å². The summed E-state index contributed by atoms with van der Waals surface area (Å²) in [5.41, 5.74) is 2.38. The highest BCUT2D eigenvalue weighted by Gasteiger charge is 2.03. The molecule has 0 bridgehead atoms. The van der Waals surface area contributed by atoms with Crippen LogP contribution in [0, 0.1) is 0 Å². The highest BCUT2D eigenvalue weighted by molar-refractivity contribution is 9.10. The summed E-state index contributed by atoms with van der Waals surface area (Å²) in [7, 11) is 0. The first kappa shape index (κ1) is 20.1. The van der Waals surface area contributed by atoms with Crippen LogP contribution in [0.4, 0.5) is 0 Å². The molecule has 0 saturated heterocycles. The standard InChI is InChI=1S/C21H25BrN6/c1-2-20-27-26-16-28(20)13-12-23-21(24-14-17-6-4-3-5-7-17)25-15-18-8-10-19(22)11-9-18/h3-11,16H,2,12-15H2,1H3,(H2,23,24,25). The van der Waals surface area contributed by atoms with Crippen LogP contribution in [-0.2, 0) is 26.1 Å². The number of nitrogens with zero attached hydrogens (tertiary/aromatic N) is 4. The van der Waals surface area contributed by atoms with Crippen molar-refractivity contribution in [2.24, 2.45) is 4.99 Å². The molecule has 0 radical (unpaired) electrons. The number of rotatable bonds is 8. The zero-order valence-corrected chi connectivity index (χ0v) is 17.6. The molecule has 146 valence electrons. The fourth-order valence-corrected chi connectivity index (χ4v) is 3.01. The number of hydrogen-bond donors (Lipinski definition) is 2. The van der Waals surface area contributed by atoms with Gasteiger partial charge in [-0.05, 0) is 23.3 Å². The van der Waals surface area contributed by atoms with Crippen LogP contribution < -0.4 is 10.6 Å². The summed E-state index contributed by atoms with van der Waals surface area (Å²) < 4.78 is 3.14. The minimum Gasteiger partial charge on any atom is -0.355 e. The van der Waals surface area contributed by atoms with Crippen molar-refractivity contribution in [3.8, 4) is 0 Å². The summed E-state index contributed by atoms with van der Waals surface area (Å²) in [6.45, 7) is 4.96. The molecule has 0 unspecified atom stereocenters. The monoisotopic (exact) mass is 440 g/mol. The Morgan fingerprint density at radius 2 is 1.82 bits per heavy atom. The van der Waals surface area contributed by atoms with Gasteiger partial charge in [-0.1, -0.05) is 65.3 Å². The number of nitrogens with one attached hydrogen (secondary N) is 2. The van der Waals surface area contributed by atoms with Gasteiger partial charge in [0.05, 0.1) is 6.54 Å². The Morgan fingerprint density at radius 1 is 1.04 bits per heavy atom. The van der Waals surface area contributed by atoms with Gasteiger partial charge in [0.15, 0.2) is 5.96 Å². The third kappa shape index (κ3) is 6.20. The second kappa shape index (κ2) is 10.6. The van der Waals surface area contributed by atoms with Gasteiger partial charge in [0.2, 0.25) is 0 Å². The van der Waals surface area contributed by atoms with Gasteiger partial charge in [-0.25, -0.2) is 4.99 Å². The summed E-state index contributed by atoms with van der Waals surface area (Å²) in [6.07, 6.45) is 2.65. The summed E-state index contributed by atoms with van der Waals surface area (Å²) in [6, 6.07) is 18.5. The molecule has 1 aromatic heterocycles. The second-order valence-electron chi connectivity index (χ2n) is 6.35. The van der Waals surface area contributed by atoms with Gasteiger partial charge >= 0.3 is 0 Å². The van der Waals surface area contributed by atoms with Gasteiger partial charge < -0.3 is 15.2 Å². The first-order valence-electron chi connectivity index (χ1n) is 9.42. The van der Waals surface area contributed by atoms with Crippen molar-refractivity contribution >= 4 is 21.9 Å². The van der Waals surface area contributed by atoms with Crippen molar-refractivity contribution in [2.45, 2.75) is 33.0 Å². The van der Waals surface area contributed by atoms with Gasteiger partial charge in [-0.2, -0.15) is 0 Å². The molecular weight excluding hydrogens is 416 g/mol. The molecule has 3 aromatic rings. The SMILES string of the molecule is CCc1nncn1CCNC(=NCc1ccccc1)NCc1ccc(Br)cc1. The zero-order chi connectivity index (χ0) is 19.6. The normalized spacial score (nSPS) is 11.4. The molecule has 0 saturated carbocycles. The van der Waals surface area contributed by atoms with Crippen LogP contribution in [0.5, 0.6) is 0 Å². The van der Waals surface area contributed by atoms with E-state index >= 15 is 0 Å². The van der Waals surface area contributed by atoms with Gasteiger partial charge in [0.25, 0.3) is 0 Å². The minimum absolute atomic E-state index is 0.628. The number of halogens is 1. The average molecular weight is 441 g/mol. The third-order valence-corrected chi connectivity index (χ3v) is 4.82. The van der Waals surface area contributed by atoms with Crippen LogP contribution in [0.3, 0.4) is 0 Å². The van der Waals surface area contributed by atoms with Crippen LogP contribution in [0.2, 0.25) is 0 Å². The van der Waals surface area contributed by atoms with E-state index in [1.54, 1.807) is 6.33 Å². The fraction of sp³-hybridized carbons (Fsp3) is 0.286. The maximum Gasteiger partial charge on any atom is 0.191 e. The molecule has 0 aliphatic rings. The van der Waals surface area contributed by atoms with E-state index in [0.29, 0.717) is 13.1 Å². The predicted molar refractivity (Wildman–Crippen MR) is 116 cm³/mol. The second-order valence-corrected chi connectivity index (χ2v) is 7.27. The zero-order valence-electron chi connectivity index (χ0n) is 16.0. The van der Waals surface area contributed by atoms with Crippen molar-refractivity contribution in [2.75, 3.05) is 6.54 Å². The van der Waals surface area contributed by atoms with E-state index in [1.165, 1.54) is 11.1 Å². The number of aryl methyl sites for hydroxylation is 1. The van der Waals surface area contributed by atoms with E-state index in [1.807, 2.05) is 30.3 Å². The maximum atomic E-state index is 4.73. The van der Waals surface area contributed by atoms with Crippen LogP contribution in [-0.4, -0.2) is 27.3 Å². The van der Waals surface area contributed by atoms with Crippen molar-refractivity contribution in [1.82, 2.24) is 25.4 Å². The van der Waals surface area contributed by atoms with Gasteiger partial charge in [-0.3, -0.25) is 0 Å². The topological polar surface area (TPSA) is 67.1 Å². The maximum absolute atomic E-state index is 4.73. The molecule has 0 spiro atoms. The number of benzene rings is 2. The molecule has 1 heterocycles. The fourth-order valence-electron chi connectivity index (χ4n) is 2.75. The Bertz CT molecular complexity index is 873. The smallest absolute Gasteiger partial charge is 0.191 e. The average Bonchev–Trinajstić information content (AvgIpc) is 3.19. The molecule has 28 heavy (non-hydrogen) atoms. The molecule has 0 aliphatic carbocycles. The van der Waals surface area contributed by atoms with Crippen molar-refractivity contribution in [3.05, 3.63) is 82.3 Å². The van der Waals surface area contributed by atoms with E-state index in [-0.39, 0.29) is 0 Å². The van der Waals surface area contributed by atoms with E-state index < -0.39 is 0 Å². The van der Waals surface area contributed by atoms with Gasteiger partial charge in [0.1, 0.15) is 12.2 Å². The molecule has 7 heteroatoms. The lowest BCUT2D eigenvalue weighted by Crippen LogP contribution is -2.38. The van der Waals surface area contributed by atoms with Crippen LogP contribution in [0.25, 0.3) is 0 Å². The molecule has 0 amide bonds. The quantitative estimate of drug-likeness (QED) is 0.415. The Labute approximate surface area is 174 Å². The van der Waals surface area contributed by atoms with Crippen LogP contribution >= 0.6 is 15.9 Å². The largest absolute Gasteiger partial charge is 0.355 e. The van der Waals surface area contributed by atoms with E-state index in [4.69, 9.17) is 4.99 Å². The van der Waals surface area contributed by atoms with Crippen molar-refractivity contribution in [3.63, 3.8) is 0 Å². The van der Waals surface area contributed by atoms with Crippen molar-refractivity contribution in [1.29, 1.82) is 0 Å². The summed E-state index contributed by atoms with van der Waals surface area (Å²) >= 11 is 3.47.